The molecule has 0 bridgehead atoms. The molecule has 0 radical (unpaired) electrons. The molecule has 0 N–H and O–H groups in total. The van der Waals surface area contributed by atoms with Crippen LogP contribution < -0.4 is 8.92 Å². The van der Waals surface area contributed by atoms with Crippen LogP contribution in [0.3, 0.4) is 0 Å². The van der Waals surface area contributed by atoms with Crippen molar-refractivity contribution in [2.75, 3.05) is 12.9 Å². The maximum Gasteiger partial charge on any atom is 0.306 e. The van der Waals surface area contributed by atoms with Crippen molar-refractivity contribution in [2.24, 2.45) is 0 Å². The Morgan fingerprint density at radius 2 is 1.74 bits per heavy atom. The predicted molar refractivity (Wildman–Crippen MR) is 104 cm³/mol. The molecule has 1 atom stereocenters. The zero-order chi connectivity index (χ0) is 19.9. The molecule has 2 aromatic rings. The van der Waals surface area contributed by atoms with Gasteiger partial charge in [0.25, 0.3) is 5.91 Å². The summed E-state index contributed by atoms with van der Waals surface area (Å²) >= 11 is 0. The standard InChI is InChI=1S/C20H25NO5S/c1-4-16(2)21(20(22)15-25-18-10-6-5-7-11-18)14-17-9-8-12-19(13-17)26-27(3,23)24/h5-13,16H,4,14-15H2,1-3H3. The Kier molecular flexibility index (Phi) is 7.24. The first-order valence-corrected chi connectivity index (χ1v) is 10.6. The van der Waals surface area contributed by atoms with Gasteiger partial charge in [-0.1, -0.05) is 37.3 Å². The highest BCUT2D eigenvalue weighted by Crippen LogP contribution is 2.19. The van der Waals surface area contributed by atoms with Gasteiger partial charge in [-0.15, -0.1) is 0 Å². The maximum absolute atomic E-state index is 12.7. The van der Waals surface area contributed by atoms with E-state index >= 15 is 0 Å². The second-order valence-electron chi connectivity index (χ2n) is 6.32. The second-order valence-corrected chi connectivity index (χ2v) is 7.89. The van der Waals surface area contributed by atoms with E-state index in [-0.39, 0.29) is 24.3 Å². The van der Waals surface area contributed by atoms with Crippen LogP contribution >= 0.6 is 0 Å². The van der Waals surface area contributed by atoms with Crippen LogP contribution in [-0.4, -0.2) is 38.1 Å². The lowest BCUT2D eigenvalue weighted by atomic mass is 10.1. The Bertz CT molecular complexity index is 852. The molecule has 6 nitrogen and oxygen atoms in total. The molecule has 0 aromatic heterocycles. The SMILES string of the molecule is CCC(C)N(Cc1cccc(OS(C)(=O)=O)c1)C(=O)COc1ccccc1. The third-order valence-electron chi connectivity index (χ3n) is 4.05. The number of hydrogen-bond acceptors (Lipinski definition) is 5. The van der Waals surface area contributed by atoms with Gasteiger partial charge in [-0.2, -0.15) is 8.42 Å². The highest BCUT2D eigenvalue weighted by Gasteiger charge is 2.20. The fourth-order valence-electron chi connectivity index (χ4n) is 2.52. The number of benzene rings is 2. The molecule has 2 rings (SSSR count). The molecular weight excluding hydrogens is 366 g/mol. The van der Waals surface area contributed by atoms with Crippen molar-refractivity contribution < 1.29 is 22.1 Å². The lowest BCUT2D eigenvalue weighted by Crippen LogP contribution is -2.40. The normalized spacial score (nSPS) is 12.3. The molecule has 0 spiro atoms. The van der Waals surface area contributed by atoms with Gasteiger partial charge >= 0.3 is 10.1 Å². The van der Waals surface area contributed by atoms with Crippen molar-refractivity contribution in [2.45, 2.75) is 32.9 Å². The van der Waals surface area contributed by atoms with E-state index in [0.29, 0.717) is 12.3 Å². The smallest absolute Gasteiger partial charge is 0.306 e. The van der Waals surface area contributed by atoms with Gasteiger partial charge in [-0.05, 0) is 43.2 Å². The minimum absolute atomic E-state index is 0.0105. The van der Waals surface area contributed by atoms with Gasteiger partial charge in [0, 0.05) is 12.6 Å². The third kappa shape index (κ3) is 6.94. The van der Waals surface area contributed by atoms with Crippen LogP contribution in [0.15, 0.2) is 54.6 Å². The molecule has 7 heteroatoms. The number of carbonyl (C=O) groups excluding carboxylic acids is 1. The number of para-hydroxylation sites is 1. The molecule has 1 unspecified atom stereocenters. The van der Waals surface area contributed by atoms with Gasteiger partial charge in [0.05, 0.1) is 6.26 Å². The largest absolute Gasteiger partial charge is 0.484 e. The quantitative estimate of drug-likeness (QED) is 0.614. The molecule has 1 amide bonds. The number of nitrogens with zero attached hydrogens (tertiary/aromatic N) is 1. The summed E-state index contributed by atoms with van der Waals surface area (Å²) in [7, 11) is -3.60. The summed E-state index contributed by atoms with van der Waals surface area (Å²) in [4.78, 5) is 14.4. The maximum atomic E-state index is 12.7. The van der Waals surface area contributed by atoms with Crippen molar-refractivity contribution in [3.63, 3.8) is 0 Å². The Hall–Kier alpha value is -2.54. The van der Waals surface area contributed by atoms with Gasteiger partial charge in [0.1, 0.15) is 11.5 Å². The average molecular weight is 391 g/mol. The van der Waals surface area contributed by atoms with E-state index in [1.54, 1.807) is 35.2 Å². The summed E-state index contributed by atoms with van der Waals surface area (Å²) < 4.78 is 33.1. The van der Waals surface area contributed by atoms with Crippen molar-refractivity contribution >= 4 is 16.0 Å². The number of ether oxygens (including phenoxy) is 1. The van der Waals surface area contributed by atoms with E-state index in [2.05, 4.69) is 0 Å². The van der Waals surface area contributed by atoms with Crippen LogP contribution in [0, 0.1) is 0 Å². The average Bonchev–Trinajstić information content (AvgIpc) is 2.63. The van der Waals surface area contributed by atoms with Crippen LogP contribution in [0.4, 0.5) is 0 Å². The topological polar surface area (TPSA) is 72.9 Å². The summed E-state index contributed by atoms with van der Waals surface area (Å²) in [5.74, 6) is 0.730. The Labute approximate surface area is 160 Å². The van der Waals surface area contributed by atoms with Gasteiger partial charge in [-0.25, -0.2) is 0 Å². The molecule has 2 aromatic carbocycles. The Morgan fingerprint density at radius 1 is 1.07 bits per heavy atom. The van der Waals surface area contributed by atoms with Crippen molar-refractivity contribution in [1.82, 2.24) is 4.90 Å². The molecule has 0 heterocycles. The molecule has 27 heavy (non-hydrogen) atoms. The summed E-state index contributed by atoms with van der Waals surface area (Å²) in [6, 6.07) is 15.9. The zero-order valence-corrected chi connectivity index (χ0v) is 16.6. The van der Waals surface area contributed by atoms with Crippen molar-refractivity contribution in [1.29, 1.82) is 0 Å². The second kappa shape index (κ2) is 9.41. The Morgan fingerprint density at radius 3 is 2.37 bits per heavy atom. The monoisotopic (exact) mass is 391 g/mol. The number of rotatable bonds is 9. The van der Waals surface area contributed by atoms with Gasteiger partial charge in [-0.3, -0.25) is 4.79 Å². The zero-order valence-electron chi connectivity index (χ0n) is 15.8. The van der Waals surface area contributed by atoms with E-state index < -0.39 is 10.1 Å². The molecule has 146 valence electrons. The molecule has 0 saturated heterocycles. The summed E-state index contributed by atoms with van der Waals surface area (Å²) in [5.41, 5.74) is 0.782. The van der Waals surface area contributed by atoms with Crippen molar-refractivity contribution in [3.8, 4) is 11.5 Å². The minimum Gasteiger partial charge on any atom is -0.484 e. The van der Waals surface area contributed by atoms with Gasteiger partial charge in [0.2, 0.25) is 0 Å². The van der Waals surface area contributed by atoms with Crippen LogP contribution in [0.1, 0.15) is 25.8 Å². The summed E-state index contributed by atoms with van der Waals surface area (Å²) in [6.07, 6.45) is 1.78. The van der Waals surface area contributed by atoms with Gasteiger partial charge in [0.15, 0.2) is 6.61 Å². The van der Waals surface area contributed by atoms with E-state index in [1.165, 1.54) is 0 Å². The van der Waals surface area contributed by atoms with E-state index in [4.69, 9.17) is 8.92 Å². The van der Waals surface area contributed by atoms with Crippen LogP contribution in [0.25, 0.3) is 0 Å². The lowest BCUT2D eigenvalue weighted by Gasteiger charge is -2.29. The molecule has 0 saturated carbocycles. The molecule has 0 aliphatic rings. The number of amides is 1. The van der Waals surface area contributed by atoms with Crippen LogP contribution in [0.5, 0.6) is 11.5 Å². The first-order chi connectivity index (χ1) is 12.8. The molecule has 0 aliphatic carbocycles. The molecule has 0 aliphatic heterocycles. The first kappa shape index (κ1) is 20.8. The molecule has 0 fully saturated rings. The first-order valence-electron chi connectivity index (χ1n) is 8.74. The number of carbonyl (C=O) groups is 1. The fraction of sp³-hybridized carbons (Fsp3) is 0.350. The van der Waals surface area contributed by atoms with Crippen molar-refractivity contribution in [3.05, 3.63) is 60.2 Å². The van der Waals surface area contributed by atoms with E-state index in [1.807, 2.05) is 38.1 Å². The minimum atomic E-state index is -3.60. The van der Waals surface area contributed by atoms with E-state index in [9.17, 15) is 13.2 Å². The fourth-order valence-corrected chi connectivity index (χ4v) is 2.98. The highest BCUT2D eigenvalue weighted by molar-refractivity contribution is 7.86. The third-order valence-corrected chi connectivity index (χ3v) is 4.54. The highest BCUT2D eigenvalue weighted by atomic mass is 32.2. The summed E-state index contributed by atoms with van der Waals surface area (Å²) in [6.45, 7) is 4.25. The number of hydrogen-bond donors (Lipinski definition) is 0. The van der Waals surface area contributed by atoms with Crippen LogP contribution in [0.2, 0.25) is 0 Å². The summed E-state index contributed by atoms with van der Waals surface area (Å²) in [5, 5.41) is 0. The Balaban J connectivity index is 2.09. The van der Waals surface area contributed by atoms with E-state index in [0.717, 1.165) is 18.2 Å². The molecular formula is C20H25NO5S. The lowest BCUT2D eigenvalue weighted by molar-refractivity contribution is -0.136. The predicted octanol–water partition coefficient (Wildman–Crippen LogP) is 3.23. The van der Waals surface area contributed by atoms with Crippen LogP contribution in [-0.2, 0) is 21.5 Å². The van der Waals surface area contributed by atoms with Gasteiger partial charge < -0.3 is 13.8 Å².